The van der Waals surface area contributed by atoms with Crippen molar-refractivity contribution >= 4 is 56.4 Å². The highest BCUT2D eigenvalue weighted by molar-refractivity contribution is 7.99. The van der Waals surface area contributed by atoms with Gasteiger partial charge in [0.25, 0.3) is 11.1 Å². The SMILES string of the molecule is CC(Sc1nnc(-c2sc3ccccc3c2Cl)o1)c1ccccc1Cl. The summed E-state index contributed by atoms with van der Waals surface area (Å²) in [6.45, 7) is 2.06. The second-order valence-corrected chi connectivity index (χ2v) is 8.53. The molecule has 0 aliphatic rings. The fourth-order valence-electron chi connectivity index (χ4n) is 2.52. The van der Waals surface area contributed by atoms with Gasteiger partial charge in [-0.1, -0.05) is 71.4 Å². The average Bonchev–Trinajstić information content (AvgIpc) is 3.20. The second kappa shape index (κ2) is 7.00. The number of hydrogen-bond acceptors (Lipinski definition) is 5. The van der Waals surface area contributed by atoms with E-state index in [0.717, 1.165) is 25.5 Å². The topological polar surface area (TPSA) is 38.9 Å². The molecule has 0 saturated heterocycles. The van der Waals surface area contributed by atoms with Gasteiger partial charge in [-0.15, -0.1) is 21.5 Å². The third kappa shape index (κ3) is 3.29. The Labute approximate surface area is 163 Å². The molecular formula is C18H12Cl2N2OS2. The zero-order valence-electron chi connectivity index (χ0n) is 13.1. The zero-order valence-corrected chi connectivity index (χ0v) is 16.2. The summed E-state index contributed by atoms with van der Waals surface area (Å²) in [7, 11) is 0. The van der Waals surface area contributed by atoms with Crippen LogP contribution in [0.25, 0.3) is 20.9 Å². The molecule has 0 N–H and O–H groups in total. The molecule has 126 valence electrons. The predicted octanol–water partition coefficient (Wildman–Crippen LogP) is 7.11. The predicted molar refractivity (Wildman–Crippen MR) is 106 cm³/mol. The first-order valence-corrected chi connectivity index (χ1v) is 10.0. The van der Waals surface area contributed by atoms with Crippen LogP contribution in [0.4, 0.5) is 0 Å². The first-order valence-electron chi connectivity index (χ1n) is 7.55. The van der Waals surface area contributed by atoms with Gasteiger partial charge in [0.1, 0.15) is 4.88 Å². The van der Waals surface area contributed by atoms with Crippen molar-refractivity contribution in [3.63, 3.8) is 0 Å². The summed E-state index contributed by atoms with van der Waals surface area (Å²) in [5, 5.41) is 11.3. The van der Waals surface area contributed by atoms with Gasteiger partial charge < -0.3 is 4.42 Å². The Hall–Kier alpha value is -1.53. The number of aromatic nitrogens is 2. The number of nitrogens with zero attached hydrogens (tertiary/aromatic N) is 2. The normalized spacial score (nSPS) is 12.6. The van der Waals surface area contributed by atoms with Gasteiger partial charge in [0.2, 0.25) is 0 Å². The van der Waals surface area contributed by atoms with E-state index in [1.54, 1.807) is 11.3 Å². The van der Waals surface area contributed by atoms with Gasteiger partial charge in [0.05, 0.1) is 5.02 Å². The van der Waals surface area contributed by atoms with E-state index < -0.39 is 0 Å². The van der Waals surface area contributed by atoms with E-state index in [2.05, 4.69) is 17.1 Å². The molecule has 2 aromatic heterocycles. The monoisotopic (exact) mass is 406 g/mol. The molecule has 0 spiro atoms. The molecule has 0 aliphatic heterocycles. The van der Waals surface area contributed by atoms with E-state index in [-0.39, 0.29) is 5.25 Å². The zero-order chi connectivity index (χ0) is 17.4. The maximum absolute atomic E-state index is 6.48. The molecule has 0 bridgehead atoms. The highest BCUT2D eigenvalue weighted by Gasteiger charge is 2.20. The highest BCUT2D eigenvalue weighted by Crippen LogP contribution is 2.43. The van der Waals surface area contributed by atoms with E-state index in [0.29, 0.717) is 16.1 Å². The summed E-state index contributed by atoms with van der Waals surface area (Å²) < 4.78 is 6.93. The molecule has 0 aliphatic carbocycles. The van der Waals surface area contributed by atoms with Gasteiger partial charge in [0, 0.05) is 20.4 Å². The van der Waals surface area contributed by atoms with Gasteiger partial charge in [-0.3, -0.25) is 0 Å². The minimum Gasteiger partial charge on any atom is -0.410 e. The molecule has 2 heterocycles. The Morgan fingerprint density at radius 3 is 2.60 bits per heavy atom. The number of benzene rings is 2. The van der Waals surface area contributed by atoms with Crippen molar-refractivity contribution in [2.24, 2.45) is 0 Å². The first-order chi connectivity index (χ1) is 12.1. The lowest BCUT2D eigenvalue weighted by Gasteiger charge is -2.10. The van der Waals surface area contributed by atoms with Crippen LogP contribution < -0.4 is 0 Å². The fourth-order valence-corrected chi connectivity index (χ4v) is 5.17. The molecule has 4 rings (SSSR count). The molecular weight excluding hydrogens is 395 g/mol. The molecule has 25 heavy (non-hydrogen) atoms. The van der Waals surface area contributed by atoms with Crippen molar-refractivity contribution in [2.45, 2.75) is 17.4 Å². The molecule has 3 nitrogen and oxygen atoms in total. The minimum atomic E-state index is 0.0971. The molecule has 1 unspecified atom stereocenters. The second-order valence-electron chi connectivity index (χ2n) is 5.40. The van der Waals surface area contributed by atoms with Crippen molar-refractivity contribution in [1.82, 2.24) is 10.2 Å². The van der Waals surface area contributed by atoms with Gasteiger partial charge >= 0.3 is 0 Å². The van der Waals surface area contributed by atoms with Crippen molar-refractivity contribution in [3.05, 3.63) is 64.1 Å². The van der Waals surface area contributed by atoms with Crippen molar-refractivity contribution < 1.29 is 4.42 Å². The van der Waals surface area contributed by atoms with Crippen LogP contribution >= 0.6 is 46.3 Å². The maximum Gasteiger partial charge on any atom is 0.277 e. The quantitative estimate of drug-likeness (QED) is 0.338. The molecule has 2 aromatic carbocycles. The number of hydrogen-bond donors (Lipinski definition) is 0. The minimum absolute atomic E-state index is 0.0971. The maximum atomic E-state index is 6.48. The summed E-state index contributed by atoms with van der Waals surface area (Å²) in [4.78, 5) is 0.799. The number of fused-ring (bicyclic) bond motifs is 1. The number of thioether (sulfide) groups is 1. The number of thiophene rings is 1. The van der Waals surface area contributed by atoms with Crippen LogP contribution in [0.1, 0.15) is 17.7 Å². The molecule has 0 fully saturated rings. The fraction of sp³-hybridized carbons (Fsp3) is 0.111. The lowest BCUT2D eigenvalue weighted by atomic mass is 10.2. The third-order valence-electron chi connectivity index (χ3n) is 3.76. The Morgan fingerprint density at radius 1 is 1.04 bits per heavy atom. The molecule has 0 amide bonds. The van der Waals surface area contributed by atoms with Crippen LogP contribution in [0.15, 0.2) is 58.2 Å². The molecule has 7 heteroatoms. The first kappa shape index (κ1) is 16.9. The van der Waals surface area contributed by atoms with Crippen molar-refractivity contribution in [2.75, 3.05) is 0 Å². The summed E-state index contributed by atoms with van der Waals surface area (Å²) >= 11 is 15.8. The van der Waals surface area contributed by atoms with E-state index >= 15 is 0 Å². The third-order valence-corrected chi connectivity index (χ3v) is 6.74. The van der Waals surface area contributed by atoms with Crippen LogP contribution in [0.5, 0.6) is 0 Å². The van der Waals surface area contributed by atoms with Gasteiger partial charge in [-0.25, -0.2) is 0 Å². The van der Waals surface area contributed by atoms with E-state index in [1.165, 1.54) is 11.8 Å². The molecule has 1 atom stereocenters. The Kier molecular flexibility index (Phi) is 4.73. The van der Waals surface area contributed by atoms with Crippen LogP contribution in [0.3, 0.4) is 0 Å². The molecule has 0 saturated carbocycles. The smallest absolute Gasteiger partial charge is 0.277 e. The van der Waals surface area contributed by atoms with Gasteiger partial charge in [-0.05, 0) is 24.6 Å². The Bertz CT molecular complexity index is 1040. The van der Waals surface area contributed by atoms with Crippen LogP contribution in [-0.2, 0) is 0 Å². The van der Waals surface area contributed by atoms with Crippen molar-refractivity contribution in [3.8, 4) is 10.8 Å². The summed E-state index contributed by atoms with van der Waals surface area (Å²) in [5.74, 6) is 0.444. The summed E-state index contributed by atoms with van der Waals surface area (Å²) in [6.07, 6.45) is 0. The Morgan fingerprint density at radius 2 is 1.80 bits per heavy atom. The lowest BCUT2D eigenvalue weighted by Crippen LogP contribution is -1.89. The van der Waals surface area contributed by atoms with E-state index in [1.807, 2.05) is 48.5 Å². The van der Waals surface area contributed by atoms with Crippen molar-refractivity contribution in [1.29, 1.82) is 0 Å². The number of halogens is 2. The van der Waals surface area contributed by atoms with Crippen LogP contribution in [0, 0.1) is 0 Å². The summed E-state index contributed by atoms with van der Waals surface area (Å²) in [5.41, 5.74) is 1.04. The highest BCUT2D eigenvalue weighted by atomic mass is 35.5. The number of rotatable bonds is 4. The average molecular weight is 407 g/mol. The standard InChI is InChI=1S/C18H12Cl2N2OS2/c1-10(11-6-2-4-8-13(11)19)24-18-22-21-17(23-18)16-15(20)12-7-3-5-9-14(12)25-16/h2-10H,1H3. The summed E-state index contributed by atoms with van der Waals surface area (Å²) in [6, 6.07) is 15.7. The Balaban J connectivity index is 1.62. The van der Waals surface area contributed by atoms with Crippen LogP contribution in [-0.4, -0.2) is 10.2 Å². The van der Waals surface area contributed by atoms with Gasteiger partial charge in [-0.2, -0.15) is 0 Å². The largest absolute Gasteiger partial charge is 0.410 e. The van der Waals surface area contributed by atoms with Gasteiger partial charge in [0.15, 0.2) is 0 Å². The molecule has 0 radical (unpaired) electrons. The van der Waals surface area contributed by atoms with Crippen LogP contribution in [0.2, 0.25) is 10.0 Å². The molecule has 4 aromatic rings. The lowest BCUT2D eigenvalue weighted by molar-refractivity contribution is 0.466. The van der Waals surface area contributed by atoms with E-state index in [9.17, 15) is 0 Å². The van der Waals surface area contributed by atoms with E-state index in [4.69, 9.17) is 27.6 Å².